The van der Waals surface area contributed by atoms with Crippen molar-refractivity contribution < 1.29 is 14.3 Å². The summed E-state index contributed by atoms with van der Waals surface area (Å²) in [7, 11) is 0. The zero-order valence-corrected chi connectivity index (χ0v) is 21.1. The van der Waals surface area contributed by atoms with Crippen LogP contribution in [-0.2, 0) is 13.2 Å². The summed E-state index contributed by atoms with van der Waals surface area (Å²) in [5, 5.41) is 0. The molecule has 0 spiro atoms. The maximum Gasteiger partial charge on any atom is 0.176 e. The summed E-state index contributed by atoms with van der Waals surface area (Å²) in [4.78, 5) is 11.6. The zero-order chi connectivity index (χ0) is 24.2. The van der Waals surface area contributed by atoms with Gasteiger partial charge < -0.3 is 9.47 Å². The van der Waals surface area contributed by atoms with Crippen LogP contribution in [0.2, 0.25) is 0 Å². The lowest BCUT2D eigenvalue weighted by atomic mass is 10.1. The van der Waals surface area contributed by atoms with Gasteiger partial charge in [-0.2, -0.15) is 0 Å². The average Bonchev–Trinajstić information content (AvgIpc) is 2.88. The molecule has 1 unspecified atom stereocenters. The molecule has 0 bridgehead atoms. The van der Waals surface area contributed by atoms with Crippen molar-refractivity contribution in [3.63, 3.8) is 0 Å². The van der Waals surface area contributed by atoms with Gasteiger partial charge in [-0.05, 0) is 61.4 Å². The van der Waals surface area contributed by atoms with Crippen LogP contribution >= 0.6 is 15.9 Å². The zero-order valence-electron chi connectivity index (χ0n) is 19.5. The van der Waals surface area contributed by atoms with Gasteiger partial charge in [0.2, 0.25) is 0 Å². The van der Waals surface area contributed by atoms with E-state index < -0.39 is 0 Å². The van der Waals surface area contributed by atoms with Crippen molar-refractivity contribution in [2.75, 3.05) is 0 Å². The fourth-order valence-corrected chi connectivity index (χ4v) is 3.33. The summed E-state index contributed by atoms with van der Waals surface area (Å²) < 4.78 is 11.3. The van der Waals surface area contributed by atoms with Gasteiger partial charge in [0.15, 0.2) is 5.78 Å². The van der Waals surface area contributed by atoms with E-state index in [1.165, 1.54) is 11.1 Å². The smallest absolute Gasteiger partial charge is 0.176 e. The molecule has 0 saturated carbocycles. The quantitative estimate of drug-likeness (QED) is 0.177. The maximum atomic E-state index is 11.7. The first kappa shape index (κ1) is 25.3. The first-order valence-electron chi connectivity index (χ1n) is 11.2. The number of ketones is 1. The van der Waals surface area contributed by atoms with Crippen LogP contribution in [0.25, 0.3) is 0 Å². The minimum absolute atomic E-state index is 0.0783. The monoisotopic (exact) mass is 516 g/mol. The number of alkyl halides is 1. The number of benzene rings is 4. The standard InChI is InChI=1S/C16H15BrO2.C14H14O/c1-12(17)16(18)14-7-9-15(10-8-14)19-11-13-5-3-2-4-6-13;1-12-7-9-14(10-8-12)15-11-13-5-3-2-4-6-13/h2-10,12H,11H2,1H3;2-10H,11H2,1H3. The van der Waals surface area contributed by atoms with Crippen molar-refractivity contribution in [1.29, 1.82) is 0 Å². The summed E-state index contributed by atoms with van der Waals surface area (Å²) in [6.45, 7) is 5.05. The second-order valence-electron chi connectivity index (χ2n) is 7.87. The number of Topliss-reactive ketones (excluding diaryl/α,β-unsaturated/α-hetero) is 1. The van der Waals surface area contributed by atoms with Crippen LogP contribution in [0.15, 0.2) is 109 Å². The van der Waals surface area contributed by atoms with Crippen LogP contribution in [0.1, 0.15) is 34.0 Å². The van der Waals surface area contributed by atoms with E-state index in [1.54, 1.807) is 12.1 Å². The number of carbonyl (C=O) groups excluding carboxylic acids is 1. The molecule has 0 fully saturated rings. The molecular weight excluding hydrogens is 488 g/mol. The van der Waals surface area contributed by atoms with Crippen LogP contribution in [0.3, 0.4) is 0 Å². The van der Waals surface area contributed by atoms with Gasteiger partial charge in [-0.1, -0.05) is 94.3 Å². The Hall–Kier alpha value is -3.37. The van der Waals surface area contributed by atoms with E-state index in [9.17, 15) is 4.79 Å². The molecule has 4 aromatic carbocycles. The molecule has 1 atom stereocenters. The molecule has 0 aromatic heterocycles. The molecule has 0 aliphatic carbocycles. The molecule has 0 radical (unpaired) electrons. The number of aryl methyl sites for hydroxylation is 1. The molecule has 4 rings (SSSR count). The third-order valence-corrected chi connectivity index (χ3v) is 5.43. The SMILES string of the molecule is CC(Br)C(=O)c1ccc(OCc2ccccc2)cc1.Cc1ccc(OCc2ccccc2)cc1. The first-order chi connectivity index (χ1) is 16.5. The molecule has 0 aliphatic rings. The summed E-state index contributed by atoms with van der Waals surface area (Å²) in [5.74, 6) is 1.77. The second kappa shape index (κ2) is 13.4. The maximum absolute atomic E-state index is 11.7. The van der Waals surface area contributed by atoms with Crippen LogP contribution in [0, 0.1) is 6.92 Å². The van der Waals surface area contributed by atoms with Gasteiger partial charge in [0, 0.05) is 5.56 Å². The van der Waals surface area contributed by atoms with Gasteiger partial charge in [0.05, 0.1) is 4.83 Å². The third-order valence-electron chi connectivity index (χ3n) is 5.02. The highest BCUT2D eigenvalue weighted by atomic mass is 79.9. The first-order valence-corrected chi connectivity index (χ1v) is 12.1. The highest BCUT2D eigenvalue weighted by molar-refractivity contribution is 9.10. The fraction of sp³-hybridized carbons (Fsp3) is 0.167. The average molecular weight is 517 g/mol. The van der Waals surface area contributed by atoms with E-state index >= 15 is 0 Å². The fourth-order valence-electron chi connectivity index (χ4n) is 3.06. The Kier molecular flexibility index (Phi) is 9.93. The van der Waals surface area contributed by atoms with Crippen LogP contribution < -0.4 is 9.47 Å². The van der Waals surface area contributed by atoms with Crippen LogP contribution in [0.5, 0.6) is 11.5 Å². The molecule has 0 N–H and O–H groups in total. The van der Waals surface area contributed by atoms with Gasteiger partial charge >= 0.3 is 0 Å². The van der Waals surface area contributed by atoms with Gasteiger partial charge in [-0.3, -0.25) is 4.79 Å². The third kappa shape index (κ3) is 8.53. The lowest BCUT2D eigenvalue weighted by Gasteiger charge is -2.07. The minimum Gasteiger partial charge on any atom is -0.489 e. The Morgan fingerprint density at radius 2 is 1.09 bits per heavy atom. The molecule has 34 heavy (non-hydrogen) atoms. The number of rotatable bonds is 8. The Morgan fingerprint density at radius 3 is 1.50 bits per heavy atom. The number of ether oxygens (including phenoxy) is 2. The van der Waals surface area contributed by atoms with Crippen LogP contribution in [-0.4, -0.2) is 10.6 Å². The van der Waals surface area contributed by atoms with E-state index in [4.69, 9.17) is 9.47 Å². The van der Waals surface area contributed by atoms with E-state index in [-0.39, 0.29) is 10.6 Å². The molecule has 0 amide bonds. The predicted octanol–water partition coefficient (Wildman–Crippen LogP) is 7.81. The van der Waals surface area contributed by atoms with Gasteiger partial charge in [0.25, 0.3) is 0 Å². The molecular formula is C30H29BrO3. The van der Waals surface area contributed by atoms with Gasteiger partial charge in [0.1, 0.15) is 24.7 Å². The van der Waals surface area contributed by atoms with Crippen molar-refractivity contribution in [1.82, 2.24) is 0 Å². The lowest BCUT2D eigenvalue weighted by molar-refractivity contribution is 0.0996. The molecule has 0 saturated heterocycles. The summed E-state index contributed by atoms with van der Waals surface area (Å²) >= 11 is 3.28. The van der Waals surface area contributed by atoms with Gasteiger partial charge in [-0.15, -0.1) is 0 Å². The van der Waals surface area contributed by atoms with Crippen molar-refractivity contribution >= 4 is 21.7 Å². The van der Waals surface area contributed by atoms with E-state index in [0.29, 0.717) is 18.8 Å². The molecule has 0 heterocycles. The number of halogens is 1. The molecule has 4 aromatic rings. The molecule has 174 valence electrons. The Balaban J connectivity index is 0.000000196. The topological polar surface area (TPSA) is 35.5 Å². The second-order valence-corrected chi connectivity index (χ2v) is 9.24. The minimum atomic E-state index is -0.163. The molecule has 0 aliphatic heterocycles. The highest BCUT2D eigenvalue weighted by Crippen LogP contribution is 2.17. The van der Waals surface area contributed by atoms with E-state index in [1.807, 2.05) is 79.7 Å². The van der Waals surface area contributed by atoms with Crippen molar-refractivity contribution in [3.05, 3.63) is 131 Å². The van der Waals surface area contributed by atoms with Crippen molar-refractivity contribution in [2.24, 2.45) is 0 Å². The Labute approximate surface area is 210 Å². The Morgan fingerprint density at radius 1 is 0.676 bits per heavy atom. The summed E-state index contributed by atoms with van der Waals surface area (Å²) in [6.07, 6.45) is 0. The Bertz CT molecular complexity index is 1120. The summed E-state index contributed by atoms with van der Waals surface area (Å²) in [6, 6.07) is 35.5. The van der Waals surface area contributed by atoms with E-state index in [0.717, 1.165) is 17.1 Å². The molecule has 3 nitrogen and oxygen atoms in total. The van der Waals surface area contributed by atoms with E-state index in [2.05, 4.69) is 47.1 Å². The number of hydrogen-bond donors (Lipinski definition) is 0. The normalized spacial score (nSPS) is 11.0. The highest BCUT2D eigenvalue weighted by Gasteiger charge is 2.11. The number of carbonyl (C=O) groups is 1. The number of hydrogen-bond acceptors (Lipinski definition) is 3. The van der Waals surface area contributed by atoms with Crippen molar-refractivity contribution in [3.8, 4) is 11.5 Å². The molecule has 4 heteroatoms. The predicted molar refractivity (Wildman–Crippen MR) is 142 cm³/mol. The largest absolute Gasteiger partial charge is 0.489 e. The van der Waals surface area contributed by atoms with Gasteiger partial charge in [-0.25, -0.2) is 0 Å². The summed E-state index contributed by atoms with van der Waals surface area (Å²) in [5.41, 5.74) is 4.26. The lowest BCUT2D eigenvalue weighted by Crippen LogP contribution is -2.09. The van der Waals surface area contributed by atoms with Crippen molar-refractivity contribution in [2.45, 2.75) is 31.9 Å². The van der Waals surface area contributed by atoms with Crippen LogP contribution in [0.4, 0.5) is 0 Å².